The van der Waals surface area contributed by atoms with Gasteiger partial charge in [-0.1, -0.05) is 28.9 Å². The van der Waals surface area contributed by atoms with Crippen molar-refractivity contribution in [2.75, 3.05) is 13.2 Å². The summed E-state index contributed by atoms with van der Waals surface area (Å²) >= 11 is 0. The SMILES string of the molecule is CCOC(=O)C(=O)NCCc1nc(-c2cccc(C)c2)no1. The molecule has 0 spiro atoms. The largest absolute Gasteiger partial charge is 0.459 e. The third-order valence-corrected chi connectivity index (χ3v) is 2.83. The third kappa shape index (κ3) is 4.15. The van der Waals surface area contributed by atoms with Crippen LogP contribution in [0.2, 0.25) is 0 Å². The molecule has 0 saturated carbocycles. The lowest BCUT2D eigenvalue weighted by Gasteiger charge is -2.02. The van der Waals surface area contributed by atoms with Crippen molar-refractivity contribution in [3.05, 3.63) is 35.7 Å². The highest BCUT2D eigenvalue weighted by molar-refractivity contribution is 6.32. The summed E-state index contributed by atoms with van der Waals surface area (Å²) in [4.78, 5) is 26.7. The van der Waals surface area contributed by atoms with Gasteiger partial charge in [0.05, 0.1) is 6.61 Å². The summed E-state index contributed by atoms with van der Waals surface area (Å²) < 4.78 is 9.70. The maximum Gasteiger partial charge on any atom is 0.396 e. The van der Waals surface area contributed by atoms with E-state index in [9.17, 15) is 9.59 Å². The van der Waals surface area contributed by atoms with Gasteiger partial charge < -0.3 is 14.6 Å². The number of aryl methyl sites for hydroxylation is 1. The van der Waals surface area contributed by atoms with Crippen molar-refractivity contribution < 1.29 is 18.8 Å². The predicted octanol–water partition coefficient (Wildman–Crippen LogP) is 1.27. The van der Waals surface area contributed by atoms with Gasteiger partial charge in [0.15, 0.2) is 0 Å². The van der Waals surface area contributed by atoms with Crippen LogP contribution in [0.25, 0.3) is 11.4 Å². The first-order chi connectivity index (χ1) is 10.6. The Labute approximate surface area is 127 Å². The highest BCUT2D eigenvalue weighted by atomic mass is 16.5. The van der Waals surface area contributed by atoms with E-state index in [1.165, 1.54) is 0 Å². The first kappa shape index (κ1) is 15.7. The number of esters is 1. The number of carbonyl (C=O) groups excluding carboxylic acids is 2. The summed E-state index contributed by atoms with van der Waals surface area (Å²) in [5.41, 5.74) is 1.97. The van der Waals surface area contributed by atoms with Crippen LogP contribution in [-0.4, -0.2) is 35.2 Å². The number of benzene rings is 1. The zero-order valence-corrected chi connectivity index (χ0v) is 12.5. The molecule has 0 atom stereocenters. The second kappa shape index (κ2) is 7.35. The minimum absolute atomic E-state index is 0.162. The number of nitrogens with one attached hydrogen (secondary N) is 1. The molecule has 0 radical (unpaired) electrons. The Morgan fingerprint density at radius 3 is 2.91 bits per heavy atom. The van der Waals surface area contributed by atoms with E-state index in [1.54, 1.807) is 6.92 Å². The molecule has 0 fully saturated rings. The van der Waals surface area contributed by atoms with Crippen molar-refractivity contribution in [3.63, 3.8) is 0 Å². The Morgan fingerprint density at radius 1 is 1.36 bits per heavy atom. The van der Waals surface area contributed by atoms with E-state index in [0.29, 0.717) is 18.1 Å². The van der Waals surface area contributed by atoms with Crippen molar-refractivity contribution in [2.45, 2.75) is 20.3 Å². The Hall–Kier alpha value is -2.70. The monoisotopic (exact) mass is 303 g/mol. The van der Waals surface area contributed by atoms with Crippen LogP contribution in [-0.2, 0) is 20.7 Å². The van der Waals surface area contributed by atoms with Gasteiger partial charge >= 0.3 is 11.9 Å². The Kier molecular flexibility index (Phi) is 5.24. The molecule has 1 heterocycles. The van der Waals surface area contributed by atoms with Gasteiger partial charge in [0.1, 0.15) is 0 Å². The number of hydrogen-bond donors (Lipinski definition) is 1. The second-order valence-electron chi connectivity index (χ2n) is 4.61. The van der Waals surface area contributed by atoms with Gasteiger partial charge in [-0.2, -0.15) is 4.98 Å². The number of ether oxygens (including phenoxy) is 1. The summed E-state index contributed by atoms with van der Waals surface area (Å²) in [6.45, 7) is 3.99. The van der Waals surface area contributed by atoms with E-state index in [-0.39, 0.29) is 13.2 Å². The molecular weight excluding hydrogens is 286 g/mol. The van der Waals surface area contributed by atoms with Gasteiger partial charge in [-0.15, -0.1) is 0 Å². The molecule has 2 aromatic rings. The molecule has 116 valence electrons. The Bertz CT molecular complexity index is 666. The molecule has 0 aliphatic carbocycles. The quantitative estimate of drug-likeness (QED) is 0.660. The van der Waals surface area contributed by atoms with E-state index >= 15 is 0 Å². The van der Waals surface area contributed by atoms with E-state index in [0.717, 1.165) is 11.1 Å². The molecule has 1 aromatic heterocycles. The molecule has 0 bridgehead atoms. The fourth-order valence-electron chi connectivity index (χ4n) is 1.81. The van der Waals surface area contributed by atoms with Crippen LogP contribution in [0.3, 0.4) is 0 Å². The zero-order chi connectivity index (χ0) is 15.9. The van der Waals surface area contributed by atoms with Crippen LogP contribution in [0, 0.1) is 6.92 Å². The predicted molar refractivity (Wildman–Crippen MR) is 77.8 cm³/mol. The summed E-state index contributed by atoms with van der Waals surface area (Å²) in [5.74, 6) is -0.787. The first-order valence-electron chi connectivity index (χ1n) is 6.94. The number of amides is 1. The lowest BCUT2D eigenvalue weighted by atomic mass is 10.1. The van der Waals surface area contributed by atoms with Gasteiger partial charge in [0.2, 0.25) is 11.7 Å². The van der Waals surface area contributed by atoms with Crippen molar-refractivity contribution in [1.82, 2.24) is 15.5 Å². The normalized spacial score (nSPS) is 10.3. The van der Waals surface area contributed by atoms with Crippen LogP contribution in [0.4, 0.5) is 0 Å². The molecule has 22 heavy (non-hydrogen) atoms. The van der Waals surface area contributed by atoms with Gasteiger partial charge in [-0.3, -0.25) is 4.79 Å². The Morgan fingerprint density at radius 2 is 2.18 bits per heavy atom. The summed E-state index contributed by atoms with van der Waals surface area (Å²) in [6, 6.07) is 7.75. The van der Waals surface area contributed by atoms with Gasteiger partial charge in [0.25, 0.3) is 0 Å². The third-order valence-electron chi connectivity index (χ3n) is 2.83. The number of nitrogens with zero attached hydrogens (tertiary/aromatic N) is 2. The fourth-order valence-corrected chi connectivity index (χ4v) is 1.81. The van der Waals surface area contributed by atoms with E-state index in [2.05, 4.69) is 20.2 Å². The van der Waals surface area contributed by atoms with Crippen LogP contribution >= 0.6 is 0 Å². The maximum absolute atomic E-state index is 11.3. The molecule has 1 N–H and O–H groups in total. The standard InChI is InChI=1S/C15H17N3O4/c1-3-21-15(20)14(19)16-8-7-12-17-13(18-22-12)11-6-4-5-10(2)9-11/h4-6,9H,3,7-8H2,1-2H3,(H,16,19). The van der Waals surface area contributed by atoms with E-state index in [1.807, 2.05) is 31.2 Å². The van der Waals surface area contributed by atoms with Crippen molar-refractivity contribution in [3.8, 4) is 11.4 Å². The van der Waals surface area contributed by atoms with Crippen molar-refractivity contribution >= 4 is 11.9 Å². The van der Waals surface area contributed by atoms with Gasteiger partial charge in [0, 0.05) is 18.5 Å². The van der Waals surface area contributed by atoms with E-state index in [4.69, 9.17) is 4.52 Å². The minimum atomic E-state index is -0.895. The Balaban J connectivity index is 1.88. The number of aromatic nitrogens is 2. The number of rotatable bonds is 5. The molecular formula is C15H17N3O4. The smallest absolute Gasteiger partial charge is 0.396 e. The highest BCUT2D eigenvalue weighted by Gasteiger charge is 2.14. The van der Waals surface area contributed by atoms with Gasteiger partial charge in [-0.25, -0.2) is 4.79 Å². The zero-order valence-electron chi connectivity index (χ0n) is 12.5. The van der Waals surface area contributed by atoms with Crippen molar-refractivity contribution in [2.24, 2.45) is 0 Å². The van der Waals surface area contributed by atoms with E-state index < -0.39 is 11.9 Å². The van der Waals surface area contributed by atoms with Crippen LogP contribution < -0.4 is 5.32 Å². The average molecular weight is 303 g/mol. The number of carbonyl (C=O) groups is 2. The lowest BCUT2D eigenvalue weighted by molar-refractivity contribution is -0.154. The summed E-state index contributed by atoms with van der Waals surface area (Å²) in [7, 11) is 0. The number of hydrogen-bond acceptors (Lipinski definition) is 6. The van der Waals surface area contributed by atoms with Gasteiger partial charge in [-0.05, 0) is 19.9 Å². The van der Waals surface area contributed by atoms with Crippen LogP contribution in [0.1, 0.15) is 18.4 Å². The lowest BCUT2D eigenvalue weighted by Crippen LogP contribution is -2.33. The molecule has 7 heteroatoms. The van der Waals surface area contributed by atoms with Crippen molar-refractivity contribution in [1.29, 1.82) is 0 Å². The molecule has 0 unspecified atom stereocenters. The van der Waals surface area contributed by atoms with Crippen LogP contribution in [0.5, 0.6) is 0 Å². The molecule has 0 saturated heterocycles. The topological polar surface area (TPSA) is 94.3 Å². The summed E-state index contributed by atoms with van der Waals surface area (Å²) in [5, 5.41) is 6.33. The summed E-state index contributed by atoms with van der Waals surface area (Å²) in [6.07, 6.45) is 0.337. The molecule has 1 amide bonds. The molecule has 2 rings (SSSR count). The maximum atomic E-state index is 11.3. The second-order valence-corrected chi connectivity index (χ2v) is 4.61. The highest BCUT2D eigenvalue weighted by Crippen LogP contribution is 2.16. The first-order valence-corrected chi connectivity index (χ1v) is 6.94. The minimum Gasteiger partial charge on any atom is -0.459 e. The molecule has 0 aliphatic heterocycles. The molecule has 0 aliphatic rings. The molecule has 1 aromatic carbocycles. The van der Waals surface area contributed by atoms with Crippen LogP contribution in [0.15, 0.2) is 28.8 Å². The molecule has 7 nitrogen and oxygen atoms in total. The fraction of sp³-hybridized carbons (Fsp3) is 0.333. The average Bonchev–Trinajstić information content (AvgIpc) is 2.96.